The number of aromatic carboxylic acids is 1. The zero-order chi connectivity index (χ0) is 26.1. The summed E-state index contributed by atoms with van der Waals surface area (Å²) in [5.41, 5.74) is 1.75. The van der Waals surface area contributed by atoms with E-state index in [1.807, 2.05) is 13.0 Å². The van der Waals surface area contributed by atoms with Crippen LogP contribution in [0.2, 0.25) is 0 Å². The van der Waals surface area contributed by atoms with Crippen molar-refractivity contribution in [2.75, 3.05) is 6.61 Å². The monoisotopic (exact) mass is 494 g/mol. The molecule has 1 heterocycles. The molecule has 0 aliphatic carbocycles. The summed E-state index contributed by atoms with van der Waals surface area (Å²) in [7, 11) is 0. The van der Waals surface area contributed by atoms with Crippen LogP contribution in [0.3, 0.4) is 0 Å². The van der Waals surface area contributed by atoms with Gasteiger partial charge in [-0.2, -0.15) is 5.26 Å². The summed E-state index contributed by atoms with van der Waals surface area (Å²) in [4.78, 5) is 23.7. The van der Waals surface area contributed by atoms with Gasteiger partial charge in [0.05, 0.1) is 29.3 Å². The summed E-state index contributed by atoms with van der Waals surface area (Å²) in [6.07, 6.45) is 5.46. The van der Waals surface area contributed by atoms with Crippen molar-refractivity contribution in [2.24, 2.45) is 0 Å². The molecule has 0 amide bonds. The van der Waals surface area contributed by atoms with Crippen LogP contribution in [0.4, 0.5) is 0 Å². The molecule has 2 aromatic carbocycles. The fraction of sp³-hybridized carbons (Fsp3) is 0.464. The molecule has 0 spiro atoms. The first kappa shape index (κ1) is 26.9. The SMILES string of the molecule is CCCOc1cc(OC(CC)C(=O)O)cc2c3c(C(=O)O)cccc3n(CCCCCCCC#N)c12. The number of nitriles is 1. The van der Waals surface area contributed by atoms with Crippen LogP contribution in [0, 0.1) is 11.3 Å². The van der Waals surface area contributed by atoms with E-state index in [1.165, 1.54) is 0 Å². The number of aliphatic carboxylic acids is 1. The maximum Gasteiger partial charge on any atom is 0.344 e. The van der Waals surface area contributed by atoms with Crippen LogP contribution in [0.15, 0.2) is 30.3 Å². The van der Waals surface area contributed by atoms with Gasteiger partial charge in [0.15, 0.2) is 6.10 Å². The Morgan fingerprint density at radius 2 is 1.83 bits per heavy atom. The molecule has 3 rings (SSSR count). The van der Waals surface area contributed by atoms with E-state index < -0.39 is 18.0 Å². The van der Waals surface area contributed by atoms with E-state index >= 15 is 0 Å². The van der Waals surface area contributed by atoms with Gasteiger partial charge < -0.3 is 24.3 Å². The van der Waals surface area contributed by atoms with E-state index in [4.69, 9.17) is 14.7 Å². The molecule has 192 valence electrons. The molecule has 1 unspecified atom stereocenters. The number of fused-ring (bicyclic) bond motifs is 3. The van der Waals surface area contributed by atoms with Gasteiger partial charge in [-0.05, 0) is 43.9 Å². The maximum absolute atomic E-state index is 12.1. The summed E-state index contributed by atoms with van der Waals surface area (Å²) >= 11 is 0. The van der Waals surface area contributed by atoms with Gasteiger partial charge in [0.1, 0.15) is 11.5 Å². The predicted octanol–water partition coefficient (Wildman–Crippen LogP) is 6.39. The summed E-state index contributed by atoms with van der Waals surface area (Å²) in [6.45, 7) is 4.87. The number of carbonyl (C=O) groups is 2. The molecule has 8 nitrogen and oxygen atoms in total. The van der Waals surface area contributed by atoms with E-state index in [2.05, 4.69) is 10.6 Å². The van der Waals surface area contributed by atoms with Gasteiger partial charge in [0, 0.05) is 29.8 Å². The number of ether oxygens (including phenoxy) is 2. The Morgan fingerprint density at radius 3 is 2.50 bits per heavy atom. The van der Waals surface area contributed by atoms with Crippen LogP contribution in [0.1, 0.15) is 75.6 Å². The number of aryl methyl sites for hydroxylation is 1. The summed E-state index contributed by atoms with van der Waals surface area (Å²) < 4.78 is 14.0. The smallest absolute Gasteiger partial charge is 0.344 e. The van der Waals surface area contributed by atoms with E-state index in [0.717, 1.165) is 49.6 Å². The number of unbranched alkanes of at least 4 members (excludes halogenated alkanes) is 5. The first-order chi connectivity index (χ1) is 17.4. The molecule has 0 aliphatic heterocycles. The van der Waals surface area contributed by atoms with Crippen molar-refractivity contribution in [3.8, 4) is 17.6 Å². The second-order valence-corrected chi connectivity index (χ2v) is 8.85. The van der Waals surface area contributed by atoms with Gasteiger partial charge in [0.2, 0.25) is 0 Å². The maximum atomic E-state index is 12.1. The molecular weight excluding hydrogens is 460 g/mol. The van der Waals surface area contributed by atoms with Crippen molar-refractivity contribution < 1.29 is 29.3 Å². The van der Waals surface area contributed by atoms with Gasteiger partial charge in [-0.3, -0.25) is 0 Å². The Morgan fingerprint density at radius 1 is 1.08 bits per heavy atom. The van der Waals surface area contributed by atoms with Gasteiger partial charge in [-0.15, -0.1) is 0 Å². The minimum absolute atomic E-state index is 0.177. The first-order valence-electron chi connectivity index (χ1n) is 12.6. The first-order valence-corrected chi connectivity index (χ1v) is 12.6. The molecule has 1 aromatic heterocycles. The number of carboxylic acid groups (broad SMARTS) is 2. The molecule has 0 bridgehead atoms. The van der Waals surface area contributed by atoms with Gasteiger partial charge in [0.25, 0.3) is 0 Å². The van der Waals surface area contributed by atoms with Gasteiger partial charge in [-0.1, -0.05) is 39.2 Å². The number of nitrogens with zero attached hydrogens (tertiary/aromatic N) is 2. The highest BCUT2D eigenvalue weighted by molar-refractivity contribution is 6.18. The second kappa shape index (κ2) is 12.8. The Hall–Kier alpha value is -3.73. The highest BCUT2D eigenvalue weighted by atomic mass is 16.5. The Bertz CT molecular complexity index is 1260. The third kappa shape index (κ3) is 6.09. The van der Waals surface area contributed by atoms with Crippen molar-refractivity contribution >= 4 is 33.7 Å². The number of hydrogen-bond donors (Lipinski definition) is 2. The Balaban J connectivity index is 2.12. The molecule has 2 N–H and O–H groups in total. The minimum atomic E-state index is -1.06. The summed E-state index contributed by atoms with van der Waals surface area (Å²) in [5.74, 6) is -1.21. The zero-order valence-corrected chi connectivity index (χ0v) is 21.0. The van der Waals surface area contributed by atoms with Crippen LogP contribution in [0.25, 0.3) is 21.8 Å². The quantitative estimate of drug-likeness (QED) is 0.235. The molecule has 0 fully saturated rings. The molecule has 8 heteroatoms. The van der Waals surface area contributed by atoms with E-state index in [-0.39, 0.29) is 12.0 Å². The molecule has 1 atom stereocenters. The van der Waals surface area contributed by atoms with Gasteiger partial charge >= 0.3 is 11.9 Å². The Kier molecular flexibility index (Phi) is 9.57. The van der Waals surface area contributed by atoms with E-state index in [0.29, 0.717) is 41.8 Å². The summed E-state index contributed by atoms with van der Waals surface area (Å²) in [5, 5.41) is 29.4. The third-order valence-corrected chi connectivity index (χ3v) is 6.21. The topological polar surface area (TPSA) is 122 Å². The number of carboxylic acids is 2. The minimum Gasteiger partial charge on any atom is -0.491 e. The third-order valence-electron chi connectivity index (χ3n) is 6.21. The molecule has 3 aromatic rings. The molecule has 0 saturated heterocycles. The normalized spacial score (nSPS) is 11.9. The predicted molar refractivity (Wildman–Crippen MR) is 138 cm³/mol. The average molecular weight is 495 g/mol. The molecule has 0 saturated carbocycles. The van der Waals surface area contributed by atoms with Crippen LogP contribution in [-0.2, 0) is 11.3 Å². The van der Waals surface area contributed by atoms with Crippen LogP contribution in [0.5, 0.6) is 11.5 Å². The lowest BCUT2D eigenvalue weighted by molar-refractivity contribution is -0.145. The van der Waals surface area contributed by atoms with Crippen molar-refractivity contribution in [3.05, 3.63) is 35.9 Å². The fourth-order valence-corrected chi connectivity index (χ4v) is 4.50. The number of hydrogen-bond acceptors (Lipinski definition) is 5. The molecule has 36 heavy (non-hydrogen) atoms. The lowest BCUT2D eigenvalue weighted by Gasteiger charge is -2.16. The lowest BCUT2D eigenvalue weighted by Crippen LogP contribution is -2.25. The summed E-state index contributed by atoms with van der Waals surface area (Å²) in [6, 6.07) is 10.8. The van der Waals surface area contributed by atoms with E-state index in [1.54, 1.807) is 31.2 Å². The van der Waals surface area contributed by atoms with Crippen molar-refractivity contribution in [1.82, 2.24) is 4.57 Å². The largest absolute Gasteiger partial charge is 0.491 e. The highest BCUT2D eigenvalue weighted by Crippen LogP contribution is 2.40. The molecular formula is C28H34N2O6. The fourth-order valence-electron chi connectivity index (χ4n) is 4.50. The number of rotatable bonds is 15. The number of aromatic nitrogens is 1. The number of benzene rings is 2. The van der Waals surface area contributed by atoms with Crippen molar-refractivity contribution in [1.29, 1.82) is 5.26 Å². The van der Waals surface area contributed by atoms with E-state index in [9.17, 15) is 19.8 Å². The molecule has 0 radical (unpaired) electrons. The van der Waals surface area contributed by atoms with Gasteiger partial charge in [-0.25, -0.2) is 9.59 Å². The second-order valence-electron chi connectivity index (χ2n) is 8.85. The van der Waals surface area contributed by atoms with Crippen LogP contribution in [-0.4, -0.2) is 39.4 Å². The Labute approximate surface area is 211 Å². The average Bonchev–Trinajstić information content (AvgIpc) is 3.18. The zero-order valence-electron chi connectivity index (χ0n) is 21.0. The highest BCUT2D eigenvalue weighted by Gasteiger charge is 2.23. The van der Waals surface area contributed by atoms with Crippen LogP contribution < -0.4 is 9.47 Å². The van der Waals surface area contributed by atoms with Crippen molar-refractivity contribution in [2.45, 2.75) is 77.9 Å². The molecule has 0 aliphatic rings. The van der Waals surface area contributed by atoms with Crippen molar-refractivity contribution in [3.63, 3.8) is 0 Å². The lowest BCUT2D eigenvalue weighted by atomic mass is 10.1. The standard InChI is InChI=1S/C28H34N2O6/c1-3-16-35-24-18-19(36-23(4-2)28(33)34)17-21-25-20(27(31)32)12-11-13-22(25)30(26(21)24)15-10-8-6-5-7-9-14-29/h11-13,17-18,23H,3-10,15-16H2,1-2H3,(H,31,32)(H,33,34). The van der Waals surface area contributed by atoms with Crippen LogP contribution >= 0.6 is 0 Å².